The van der Waals surface area contributed by atoms with Gasteiger partial charge >= 0.3 is 5.97 Å². The fourth-order valence-electron chi connectivity index (χ4n) is 2.22. The zero-order chi connectivity index (χ0) is 17.5. The van der Waals surface area contributed by atoms with E-state index in [0.29, 0.717) is 6.54 Å². The molecule has 0 spiro atoms. The number of amides is 1. The number of para-hydroxylation sites is 1. The average Bonchev–Trinajstić information content (AvgIpc) is 2.55. The number of aryl methyl sites for hydroxylation is 1. The predicted octanol–water partition coefficient (Wildman–Crippen LogP) is 2.82. The predicted molar refractivity (Wildman–Crippen MR) is 91.4 cm³/mol. The fourth-order valence-corrected chi connectivity index (χ4v) is 2.22. The lowest BCUT2D eigenvalue weighted by atomic mass is 10.1. The molecule has 126 valence electrons. The molecule has 0 aliphatic heterocycles. The van der Waals surface area contributed by atoms with Gasteiger partial charge in [-0.1, -0.05) is 30.3 Å². The molecule has 0 fully saturated rings. The molecule has 0 saturated heterocycles. The van der Waals surface area contributed by atoms with Crippen molar-refractivity contribution in [2.75, 3.05) is 6.54 Å². The Labute approximate surface area is 141 Å². The number of benzene rings is 2. The number of carboxylic acids is 1. The van der Waals surface area contributed by atoms with Gasteiger partial charge in [0.2, 0.25) is 5.91 Å². The van der Waals surface area contributed by atoms with Gasteiger partial charge in [0.1, 0.15) is 11.9 Å². The van der Waals surface area contributed by atoms with E-state index >= 15 is 0 Å². The van der Waals surface area contributed by atoms with Crippen molar-refractivity contribution in [1.29, 1.82) is 0 Å². The summed E-state index contributed by atoms with van der Waals surface area (Å²) in [5.41, 5.74) is 2.03. The van der Waals surface area contributed by atoms with E-state index in [1.165, 1.54) is 12.1 Å². The minimum absolute atomic E-state index is 0.127. The van der Waals surface area contributed by atoms with Crippen molar-refractivity contribution >= 4 is 11.9 Å². The lowest BCUT2D eigenvalue weighted by Gasteiger charge is -2.17. The highest BCUT2D eigenvalue weighted by molar-refractivity contribution is 5.87. The lowest BCUT2D eigenvalue weighted by Crippen LogP contribution is -2.34. The Kier molecular flexibility index (Phi) is 5.95. The van der Waals surface area contributed by atoms with Gasteiger partial charge in [-0.3, -0.25) is 4.79 Å². The molecule has 5 nitrogen and oxygen atoms in total. The first-order valence-corrected chi connectivity index (χ1v) is 7.77. The normalized spacial score (nSPS) is 11.6. The molecular weight excluding hydrogens is 306 g/mol. The molecule has 1 atom stereocenters. The van der Waals surface area contributed by atoms with E-state index < -0.39 is 5.97 Å². The smallest absolute Gasteiger partial charge is 0.335 e. The van der Waals surface area contributed by atoms with Gasteiger partial charge in [-0.2, -0.15) is 0 Å². The number of hydrogen-bond donors (Lipinski definition) is 2. The SMILES string of the molecule is Cc1ccccc1OC(C)CNC(=O)Cc1ccc(C(=O)O)cc1. The third-order valence-electron chi connectivity index (χ3n) is 3.57. The molecule has 1 unspecified atom stereocenters. The highest BCUT2D eigenvalue weighted by atomic mass is 16.5. The Balaban J connectivity index is 1.80. The Bertz CT molecular complexity index is 710. The molecule has 0 heterocycles. The van der Waals surface area contributed by atoms with E-state index in [4.69, 9.17) is 9.84 Å². The average molecular weight is 327 g/mol. The molecule has 0 radical (unpaired) electrons. The van der Waals surface area contributed by atoms with Gasteiger partial charge in [0.25, 0.3) is 0 Å². The van der Waals surface area contributed by atoms with Gasteiger partial charge in [0, 0.05) is 0 Å². The minimum Gasteiger partial charge on any atom is -0.489 e. The van der Waals surface area contributed by atoms with Crippen LogP contribution in [0.5, 0.6) is 5.75 Å². The summed E-state index contributed by atoms with van der Waals surface area (Å²) in [6, 6.07) is 14.0. The van der Waals surface area contributed by atoms with Crippen LogP contribution in [0.15, 0.2) is 48.5 Å². The van der Waals surface area contributed by atoms with Gasteiger partial charge < -0.3 is 15.2 Å². The monoisotopic (exact) mass is 327 g/mol. The van der Waals surface area contributed by atoms with Crippen molar-refractivity contribution in [2.24, 2.45) is 0 Å². The highest BCUT2D eigenvalue weighted by Gasteiger charge is 2.09. The molecule has 0 aromatic heterocycles. The number of carbonyl (C=O) groups excluding carboxylic acids is 1. The van der Waals surface area contributed by atoms with Crippen molar-refractivity contribution in [2.45, 2.75) is 26.4 Å². The van der Waals surface area contributed by atoms with Crippen LogP contribution in [0.2, 0.25) is 0 Å². The number of rotatable bonds is 7. The molecular formula is C19H21NO4. The Morgan fingerprint density at radius 3 is 2.42 bits per heavy atom. The minimum atomic E-state index is -0.979. The Hall–Kier alpha value is -2.82. The van der Waals surface area contributed by atoms with E-state index in [1.807, 2.05) is 38.1 Å². The van der Waals surface area contributed by atoms with Crippen molar-refractivity contribution in [3.05, 3.63) is 65.2 Å². The van der Waals surface area contributed by atoms with Crippen LogP contribution in [-0.2, 0) is 11.2 Å². The molecule has 24 heavy (non-hydrogen) atoms. The number of hydrogen-bond acceptors (Lipinski definition) is 3. The first-order valence-electron chi connectivity index (χ1n) is 7.77. The van der Waals surface area contributed by atoms with E-state index in [2.05, 4.69) is 5.32 Å². The molecule has 2 aromatic rings. The second-order valence-corrected chi connectivity index (χ2v) is 5.68. The summed E-state index contributed by atoms with van der Waals surface area (Å²) in [4.78, 5) is 22.8. The van der Waals surface area contributed by atoms with Crippen molar-refractivity contribution in [3.63, 3.8) is 0 Å². The van der Waals surface area contributed by atoms with Crippen LogP contribution < -0.4 is 10.1 Å². The van der Waals surface area contributed by atoms with E-state index in [9.17, 15) is 9.59 Å². The maximum atomic E-state index is 12.0. The van der Waals surface area contributed by atoms with Crippen LogP contribution >= 0.6 is 0 Å². The molecule has 0 saturated carbocycles. The van der Waals surface area contributed by atoms with Crippen molar-refractivity contribution in [3.8, 4) is 5.75 Å². The second-order valence-electron chi connectivity index (χ2n) is 5.68. The summed E-state index contributed by atoms with van der Waals surface area (Å²) in [5.74, 6) is -0.296. The zero-order valence-electron chi connectivity index (χ0n) is 13.8. The summed E-state index contributed by atoms with van der Waals surface area (Å²) < 4.78 is 5.81. The lowest BCUT2D eigenvalue weighted by molar-refractivity contribution is -0.120. The van der Waals surface area contributed by atoms with Gasteiger partial charge in [0.05, 0.1) is 18.5 Å². The summed E-state index contributed by atoms with van der Waals surface area (Å²) in [6.07, 6.45) is 0.0567. The Morgan fingerprint density at radius 1 is 1.12 bits per heavy atom. The number of ether oxygens (including phenoxy) is 1. The molecule has 2 rings (SSSR count). The maximum Gasteiger partial charge on any atom is 0.335 e. The summed E-state index contributed by atoms with van der Waals surface area (Å²) in [5, 5.41) is 11.7. The molecule has 0 aliphatic rings. The van der Waals surface area contributed by atoms with Crippen LogP contribution in [0.25, 0.3) is 0 Å². The standard InChI is InChI=1S/C19H21NO4/c1-13-5-3-4-6-17(13)24-14(2)12-20-18(21)11-15-7-9-16(10-8-15)19(22)23/h3-10,14H,11-12H2,1-2H3,(H,20,21)(H,22,23). The zero-order valence-corrected chi connectivity index (χ0v) is 13.8. The largest absolute Gasteiger partial charge is 0.489 e. The second kappa shape index (κ2) is 8.15. The van der Waals surface area contributed by atoms with Crippen LogP contribution in [0.1, 0.15) is 28.4 Å². The highest BCUT2D eigenvalue weighted by Crippen LogP contribution is 2.17. The van der Waals surface area contributed by atoms with Gasteiger partial charge in [0.15, 0.2) is 0 Å². The third kappa shape index (κ3) is 5.12. The number of carbonyl (C=O) groups is 2. The van der Waals surface area contributed by atoms with E-state index in [-0.39, 0.29) is 24.0 Å². The Morgan fingerprint density at radius 2 is 1.79 bits per heavy atom. The first kappa shape index (κ1) is 17.5. The quantitative estimate of drug-likeness (QED) is 0.820. The first-order chi connectivity index (χ1) is 11.5. The number of carboxylic acid groups (broad SMARTS) is 1. The molecule has 0 aliphatic carbocycles. The summed E-state index contributed by atoms with van der Waals surface area (Å²) in [7, 11) is 0. The van der Waals surface area contributed by atoms with Gasteiger partial charge in [-0.15, -0.1) is 0 Å². The molecule has 1 amide bonds. The van der Waals surface area contributed by atoms with Crippen LogP contribution in [0, 0.1) is 6.92 Å². The van der Waals surface area contributed by atoms with Crippen molar-refractivity contribution < 1.29 is 19.4 Å². The van der Waals surface area contributed by atoms with Gasteiger partial charge in [-0.25, -0.2) is 4.79 Å². The van der Waals surface area contributed by atoms with Crippen molar-refractivity contribution in [1.82, 2.24) is 5.32 Å². The summed E-state index contributed by atoms with van der Waals surface area (Å²) in [6.45, 7) is 4.27. The van der Waals surface area contributed by atoms with E-state index in [0.717, 1.165) is 16.9 Å². The number of aromatic carboxylic acids is 1. The molecule has 2 aromatic carbocycles. The molecule has 0 bridgehead atoms. The van der Waals surface area contributed by atoms with Crippen LogP contribution in [-0.4, -0.2) is 29.6 Å². The van der Waals surface area contributed by atoms with Crippen LogP contribution in [0.4, 0.5) is 0 Å². The van der Waals surface area contributed by atoms with Crippen LogP contribution in [0.3, 0.4) is 0 Å². The maximum absolute atomic E-state index is 12.0. The summed E-state index contributed by atoms with van der Waals surface area (Å²) >= 11 is 0. The molecule has 5 heteroatoms. The molecule has 2 N–H and O–H groups in total. The third-order valence-corrected chi connectivity index (χ3v) is 3.57. The fraction of sp³-hybridized carbons (Fsp3) is 0.263. The van der Waals surface area contributed by atoms with E-state index in [1.54, 1.807) is 12.1 Å². The number of nitrogens with one attached hydrogen (secondary N) is 1. The van der Waals surface area contributed by atoms with Gasteiger partial charge in [-0.05, 0) is 43.2 Å². The topological polar surface area (TPSA) is 75.6 Å².